The zero-order chi connectivity index (χ0) is 15.1. The molecule has 0 saturated carbocycles. The fraction of sp³-hybridized carbons (Fsp3) is 0.455. The normalized spacial score (nSPS) is 19.3. The average molecular weight is 318 g/mol. The molecule has 1 amide bonds. The summed E-state index contributed by atoms with van der Waals surface area (Å²) in [4.78, 5) is 25.2. The molecule has 1 atom stereocenters. The van der Waals surface area contributed by atoms with Crippen molar-refractivity contribution in [2.45, 2.75) is 30.7 Å². The highest BCUT2D eigenvalue weighted by Crippen LogP contribution is 2.28. The van der Waals surface area contributed by atoms with Crippen LogP contribution in [0.2, 0.25) is 0 Å². The van der Waals surface area contributed by atoms with Crippen LogP contribution in [0.1, 0.15) is 27.4 Å². The van der Waals surface area contributed by atoms with Crippen LogP contribution < -0.4 is 5.14 Å². The highest BCUT2D eigenvalue weighted by molar-refractivity contribution is 7.89. The number of carbonyl (C=O) groups is 2. The Morgan fingerprint density at radius 3 is 2.65 bits per heavy atom. The topological polar surface area (TPSA) is 118 Å². The van der Waals surface area contributed by atoms with Crippen molar-refractivity contribution < 1.29 is 23.1 Å². The van der Waals surface area contributed by atoms with Gasteiger partial charge in [0.1, 0.15) is 6.04 Å². The highest BCUT2D eigenvalue weighted by Gasteiger charge is 2.35. The number of nitrogens with two attached hydrogens (primary N) is 1. The quantitative estimate of drug-likeness (QED) is 0.836. The van der Waals surface area contributed by atoms with Gasteiger partial charge in [-0.15, -0.1) is 11.3 Å². The summed E-state index contributed by atoms with van der Waals surface area (Å²) in [6.07, 6.45) is 1.03. The van der Waals surface area contributed by atoms with Gasteiger partial charge in [-0.2, -0.15) is 0 Å². The van der Waals surface area contributed by atoms with E-state index in [1.807, 2.05) is 0 Å². The standard InChI is InChI=1S/C11H14N2O5S2/c1-6-9(20(12,17)18)5-8(19-6)10(14)13-4-2-3-7(13)11(15)16/h5,7H,2-4H2,1H3,(H,15,16)(H2,12,17,18)/t7-/m0/s1. The third-order valence-corrected chi connectivity index (χ3v) is 5.39. The van der Waals surface area contributed by atoms with Gasteiger partial charge < -0.3 is 10.0 Å². The molecule has 0 spiro atoms. The van der Waals surface area contributed by atoms with Gasteiger partial charge in [-0.3, -0.25) is 4.79 Å². The van der Waals surface area contributed by atoms with Gasteiger partial charge in [-0.25, -0.2) is 18.4 Å². The first-order chi connectivity index (χ1) is 9.21. The van der Waals surface area contributed by atoms with Gasteiger partial charge in [0.2, 0.25) is 10.0 Å². The van der Waals surface area contributed by atoms with Crippen molar-refractivity contribution >= 4 is 33.2 Å². The number of sulfonamides is 1. The molecule has 0 unspecified atom stereocenters. The van der Waals surface area contributed by atoms with E-state index < -0.39 is 27.9 Å². The minimum atomic E-state index is -3.88. The largest absolute Gasteiger partial charge is 0.480 e. The molecule has 2 rings (SSSR count). The second-order valence-corrected chi connectivity index (χ2v) is 7.36. The van der Waals surface area contributed by atoms with Crippen molar-refractivity contribution in [3.05, 3.63) is 15.8 Å². The molecule has 2 heterocycles. The fourth-order valence-corrected chi connectivity index (χ4v) is 4.36. The Labute approximate surface area is 120 Å². The Morgan fingerprint density at radius 1 is 1.50 bits per heavy atom. The van der Waals surface area contributed by atoms with E-state index in [1.165, 1.54) is 11.0 Å². The molecule has 1 aromatic heterocycles. The predicted molar refractivity (Wildman–Crippen MR) is 72.1 cm³/mol. The second-order valence-electron chi connectivity index (χ2n) is 4.57. The summed E-state index contributed by atoms with van der Waals surface area (Å²) < 4.78 is 22.7. The van der Waals surface area contributed by atoms with E-state index in [9.17, 15) is 18.0 Å². The van der Waals surface area contributed by atoms with Gasteiger partial charge >= 0.3 is 5.97 Å². The maximum absolute atomic E-state index is 12.3. The van der Waals surface area contributed by atoms with Crippen LogP contribution in [0, 0.1) is 6.92 Å². The van der Waals surface area contributed by atoms with E-state index in [2.05, 4.69) is 0 Å². The van der Waals surface area contributed by atoms with E-state index in [4.69, 9.17) is 10.2 Å². The van der Waals surface area contributed by atoms with Crippen molar-refractivity contribution in [2.24, 2.45) is 5.14 Å². The lowest BCUT2D eigenvalue weighted by Crippen LogP contribution is -2.40. The number of carbonyl (C=O) groups excluding carboxylic acids is 1. The third-order valence-electron chi connectivity index (χ3n) is 3.19. The summed E-state index contributed by atoms with van der Waals surface area (Å²) in [5.74, 6) is -1.51. The Morgan fingerprint density at radius 2 is 2.15 bits per heavy atom. The van der Waals surface area contributed by atoms with Crippen molar-refractivity contribution in [3.8, 4) is 0 Å². The maximum atomic E-state index is 12.3. The Hall–Kier alpha value is -1.45. The van der Waals surface area contributed by atoms with E-state index >= 15 is 0 Å². The van der Waals surface area contributed by atoms with E-state index in [0.29, 0.717) is 24.3 Å². The Balaban J connectivity index is 2.33. The van der Waals surface area contributed by atoms with Crippen LogP contribution in [0.15, 0.2) is 11.0 Å². The maximum Gasteiger partial charge on any atom is 0.326 e. The van der Waals surface area contributed by atoms with Crippen LogP contribution in [0.5, 0.6) is 0 Å². The Bertz CT molecular complexity index is 664. The van der Waals surface area contributed by atoms with Crippen LogP contribution in [0.25, 0.3) is 0 Å². The lowest BCUT2D eigenvalue weighted by Gasteiger charge is -2.20. The number of rotatable bonds is 3. The number of primary sulfonamides is 1. The van der Waals surface area contributed by atoms with E-state index in [-0.39, 0.29) is 9.77 Å². The van der Waals surface area contributed by atoms with Crippen molar-refractivity contribution in [2.75, 3.05) is 6.54 Å². The second kappa shape index (κ2) is 5.15. The number of thiophene rings is 1. The van der Waals surface area contributed by atoms with Gasteiger partial charge in [-0.05, 0) is 25.8 Å². The first-order valence-electron chi connectivity index (χ1n) is 5.89. The molecule has 7 nitrogen and oxygen atoms in total. The molecule has 0 bridgehead atoms. The van der Waals surface area contributed by atoms with E-state index in [1.54, 1.807) is 6.92 Å². The monoisotopic (exact) mass is 318 g/mol. The molecule has 20 heavy (non-hydrogen) atoms. The number of nitrogens with zero attached hydrogens (tertiary/aromatic N) is 1. The minimum Gasteiger partial charge on any atom is -0.480 e. The molecule has 1 aliphatic rings. The number of amides is 1. The van der Waals surface area contributed by atoms with Gasteiger partial charge in [-0.1, -0.05) is 0 Å². The Kier molecular flexibility index (Phi) is 3.85. The molecule has 1 fully saturated rings. The minimum absolute atomic E-state index is 0.0862. The molecule has 1 saturated heterocycles. The summed E-state index contributed by atoms with van der Waals surface area (Å²) in [6, 6.07) is 0.373. The summed E-state index contributed by atoms with van der Waals surface area (Å²) in [5, 5.41) is 14.1. The molecule has 9 heteroatoms. The lowest BCUT2D eigenvalue weighted by atomic mass is 10.2. The SMILES string of the molecule is Cc1sc(C(=O)N2CCC[C@H]2C(=O)O)cc1S(N)(=O)=O. The lowest BCUT2D eigenvalue weighted by molar-refractivity contribution is -0.141. The summed E-state index contributed by atoms with van der Waals surface area (Å²) in [5.41, 5.74) is 0. The fourth-order valence-electron chi connectivity index (χ4n) is 2.26. The number of hydrogen-bond donors (Lipinski definition) is 2. The average Bonchev–Trinajstić information content (AvgIpc) is 2.92. The molecular formula is C11H14N2O5S2. The van der Waals surface area contributed by atoms with Gasteiger partial charge in [0, 0.05) is 11.4 Å². The molecule has 0 aliphatic carbocycles. The van der Waals surface area contributed by atoms with Gasteiger partial charge in [0.05, 0.1) is 9.77 Å². The van der Waals surface area contributed by atoms with Crippen LogP contribution >= 0.6 is 11.3 Å². The van der Waals surface area contributed by atoms with Crippen molar-refractivity contribution in [1.82, 2.24) is 4.90 Å². The van der Waals surface area contributed by atoms with Gasteiger partial charge in [0.15, 0.2) is 0 Å². The molecular weight excluding hydrogens is 304 g/mol. The number of aliphatic carboxylic acids is 1. The molecule has 0 aromatic carbocycles. The smallest absolute Gasteiger partial charge is 0.326 e. The van der Waals surface area contributed by atoms with Crippen LogP contribution in [-0.4, -0.2) is 42.9 Å². The summed E-state index contributed by atoms with van der Waals surface area (Å²) in [6.45, 7) is 1.91. The zero-order valence-electron chi connectivity index (χ0n) is 10.7. The van der Waals surface area contributed by atoms with Crippen LogP contribution in [-0.2, 0) is 14.8 Å². The molecule has 1 aliphatic heterocycles. The predicted octanol–water partition coefficient (Wildman–Crippen LogP) is 0.393. The number of carboxylic acids is 1. The van der Waals surface area contributed by atoms with Crippen molar-refractivity contribution in [1.29, 1.82) is 0 Å². The molecule has 3 N–H and O–H groups in total. The highest BCUT2D eigenvalue weighted by atomic mass is 32.2. The zero-order valence-corrected chi connectivity index (χ0v) is 12.3. The number of hydrogen-bond acceptors (Lipinski definition) is 5. The summed E-state index contributed by atoms with van der Waals surface area (Å²) >= 11 is 1.01. The first-order valence-corrected chi connectivity index (χ1v) is 8.25. The number of likely N-dealkylation sites (tertiary alicyclic amines) is 1. The molecule has 1 aromatic rings. The molecule has 0 radical (unpaired) electrons. The first kappa shape index (κ1) is 14.9. The van der Waals surface area contributed by atoms with Crippen LogP contribution in [0.3, 0.4) is 0 Å². The van der Waals surface area contributed by atoms with Crippen LogP contribution in [0.4, 0.5) is 0 Å². The molecule has 110 valence electrons. The number of aryl methyl sites for hydroxylation is 1. The summed E-state index contributed by atoms with van der Waals surface area (Å²) in [7, 11) is -3.88. The van der Waals surface area contributed by atoms with Gasteiger partial charge in [0.25, 0.3) is 5.91 Å². The van der Waals surface area contributed by atoms with Crippen molar-refractivity contribution in [3.63, 3.8) is 0 Å². The number of carboxylic acid groups (broad SMARTS) is 1. The third kappa shape index (κ3) is 2.69. The van der Waals surface area contributed by atoms with E-state index in [0.717, 1.165) is 11.3 Å².